The van der Waals surface area contributed by atoms with Crippen LogP contribution in [0.1, 0.15) is 18.1 Å². The predicted molar refractivity (Wildman–Crippen MR) is 116 cm³/mol. The minimum absolute atomic E-state index is 0.0613. The normalized spacial score (nSPS) is 10.5. The van der Waals surface area contributed by atoms with Crippen LogP contribution in [0, 0.1) is 13.8 Å². The molecule has 2 N–H and O–H groups in total. The summed E-state index contributed by atoms with van der Waals surface area (Å²) in [5.41, 5.74) is 3.81. The first kappa shape index (κ1) is 20.2. The highest BCUT2D eigenvalue weighted by Gasteiger charge is 2.12. The minimum Gasteiger partial charge on any atom is -0.492 e. The van der Waals surface area contributed by atoms with E-state index in [-0.39, 0.29) is 11.7 Å². The summed E-state index contributed by atoms with van der Waals surface area (Å²) in [4.78, 5) is 12.3. The Kier molecular flexibility index (Phi) is 6.89. The van der Waals surface area contributed by atoms with Gasteiger partial charge in [-0.1, -0.05) is 53.4 Å². The van der Waals surface area contributed by atoms with Gasteiger partial charge in [0, 0.05) is 5.69 Å². The Balaban J connectivity index is 1.57. The molecule has 0 aliphatic rings. The van der Waals surface area contributed by atoms with Gasteiger partial charge in [0.1, 0.15) is 5.75 Å². The molecule has 6 nitrogen and oxygen atoms in total. The largest absolute Gasteiger partial charge is 0.492 e. The molecule has 1 aromatic heterocycles. The summed E-state index contributed by atoms with van der Waals surface area (Å²) in [7, 11) is 0. The fourth-order valence-corrected chi connectivity index (χ4v) is 4.16. The number of nitrogens with one attached hydrogen (secondary N) is 2. The zero-order chi connectivity index (χ0) is 19.9. The van der Waals surface area contributed by atoms with Gasteiger partial charge in [-0.05, 0) is 44.0 Å². The maximum absolute atomic E-state index is 12.3. The second-order valence-corrected chi connectivity index (χ2v) is 8.23. The maximum Gasteiger partial charge on any atom is 0.234 e. The quantitative estimate of drug-likeness (QED) is 0.504. The second kappa shape index (κ2) is 9.57. The Labute approximate surface area is 172 Å². The smallest absolute Gasteiger partial charge is 0.234 e. The standard InChI is InChI=1S/C20H22N4O2S2/c1-4-26-16-11-6-5-10-15(16)21-19-23-24-20(28-19)27-12-17(25)22-18-13(2)8-7-9-14(18)3/h5-11H,4,12H2,1-3H3,(H,21,23)(H,22,25). The van der Waals surface area contributed by atoms with Gasteiger partial charge >= 0.3 is 0 Å². The first-order chi connectivity index (χ1) is 13.6. The topological polar surface area (TPSA) is 76.1 Å². The Morgan fingerprint density at radius 2 is 1.86 bits per heavy atom. The van der Waals surface area contributed by atoms with E-state index >= 15 is 0 Å². The maximum atomic E-state index is 12.3. The molecule has 0 fully saturated rings. The Morgan fingerprint density at radius 1 is 1.11 bits per heavy atom. The molecule has 0 aliphatic carbocycles. The van der Waals surface area contributed by atoms with Crippen molar-refractivity contribution in [3.63, 3.8) is 0 Å². The molecule has 28 heavy (non-hydrogen) atoms. The van der Waals surface area contributed by atoms with Crippen molar-refractivity contribution >= 4 is 45.5 Å². The molecule has 1 amide bonds. The summed E-state index contributed by atoms with van der Waals surface area (Å²) in [6.07, 6.45) is 0. The summed E-state index contributed by atoms with van der Waals surface area (Å²) < 4.78 is 6.34. The van der Waals surface area contributed by atoms with Crippen molar-refractivity contribution in [3.05, 3.63) is 53.6 Å². The number of anilines is 3. The number of thioether (sulfide) groups is 1. The van der Waals surface area contributed by atoms with Gasteiger partial charge in [-0.25, -0.2) is 0 Å². The molecular weight excluding hydrogens is 392 g/mol. The van der Waals surface area contributed by atoms with E-state index in [4.69, 9.17) is 4.74 Å². The van der Waals surface area contributed by atoms with Gasteiger partial charge in [-0.3, -0.25) is 4.79 Å². The zero-order valence-corrected chi connectivity index (χ0v) is 17.6. The van der Waals surface area contributed by atoms with E-state index in [9.17, 15) is 4.79 Å². The van der Waals surface area contributed by atoms with Gasteiger partial charge in [-0.2, -0.15) is 0 Å². The number of benzene rings is 2. The van der Waals surface area contributed by atoms with Crippen molar-refractivity contribution in [2.75, 3.05) is 23.0 Å². The molecule has 0 radical (unpaired) electrons. The van der Waals surface area contributed by atoms with Gasteiger partial charge in [0.15, 0.2) is 4.34 Å². The number of nitrogens with zero attached hydrogens (tertiary/aromatic N) is 2. The lowest BCUT2D eigenvalue weighted by Gasteiger charge is -2.10. The number of amides is 1. The number of carbonyl (C=O) groups is 1. The lowest BCUT2D eigenvalue weighted by Crippen LogP contribution is -2.15. The molecule has 146 valence electrons. The summed E-state index contributed by atoms with van der Waals surface area (Å²) >= 11 is 2.77. The summed E-state index contributed by atoms with van der Waals surface area (Å²) in [6, 6.07) is 13.6. The van der Waals surface area contributed by atoms with Crippen LogP contribution in [0.3, 0.4) is 0 Å². The number of ether oxygens (including phenoxy) is 1. The highest BCUT2D eigenvalue weighted by atomic mass is 32.2. The molecule has 8 heteroatoms. The SMILES string of the molecule is CCOc1ccccc1Nc1nnc(SCC(=O)Nc2c(C)cccc2C)s1. The van der Waals surface area contributed by atoms with Crippen LogP contribution in [-0.2, 0) is 4.79 Å². The van der Waals surface area contributed by atoms with E-state index in [1.807, 2.05) is 63.2 Å². The number of carbonyl (C=O) groups excluding carboxylic acids is 1. The van der Waals surface area contributed by atoms with Gasteiger partial charge in [0.2, 0.25) is 11.0 Å². The van der Waals surface area contributed by atoms with Crippen molar-refractivity contribution in [3.8, 4) is 5.75 Å². The molecule has 0 atom stereocenters. The highest BCUT2D eigenvalue weighted by molar-refractivity contribution is 8.01. The van der Waals surface area contributed by atoms with Gasteiger partial charge in [0.05, 0.1) is 18.0 Å². The van der Waals surface area contributed by atoms with Gasteiger partial charge in [-0.15, -0.1) is 10.2 Å². The second-order valence-electron chi connectivity index (χ2n) is 6.03. The highest BCUT2D eigenvalue weighted by Crippen LogP contribution is 2.31. The molecule has 2 aromatic carbocycles. The van der Waals surface area contributed by atoms with Crippen LogP contribution in [-0.4, -0.2) is 28.5 Å². The zero-order valence-electron chi connectivity index (χ0n) is 16.0. The molecule has 3 rings (SSSR count). The van der Waals surface area contributed by atoms with Gasteiger partial charge < -0.3 is 15.4 Å². The molecule has 0 saturated carbocycles. The van der Waals surface area contributed by atoms with Crippen LogP contribution in [0.25, 0.3) is 0 Å². The average Bonchev–Trinajstić information content (AvgIpc) is 3.12. The number of para-hydroxylation sites is 3. The van der Waals surface area contributed by atoms with Crippen LogP contribution in [0.2, 0.25) is 0 Å². The molecule has 0 unspecified atom stereocenters. The first-order valence-corrected chi connectivity index (χ1v) is 10.7. The number of hydrogen-bond acceptors (Lipinski definition) is 7. The number of aromatic nitrogens is 2. The van der Waals surface area contributed by atoms with Crippen LogP contribution in [0.4, 0.5) is 16.5 Å². The van der Waals surface area contributed by atoms with Crippen LogP contribution in [0.5, 0.6) is 5.75 Å². The van der Waals surface area contributed by atoms with E-state index in [0.717, 1.165) is 32.6 Å². The van der Waals surface area contributed by atoms with Crippen LogP contribution < -0.4 is 15.4 Å². The van der Waals surface area contributed by atoms with E-state index in [1.165, 1.54) is 23.1 Å². The van der Waals surface area contributed by atoms with E-state index in [0.29, 0.717) is 11.7 Å². The molecule has 0 spiro atoms. The fraction of sp³-hybridized carbons (Fsp3) is 0.250. The summed E-state index contributed by atoms with van der Waals surface area (Å²) in [5, 5.41) is 15.2. The monoisotopic (exact) mass is 414 g/mol. The lowest BCUT2D eigenvalue weighted by atomic mass is 10.1. The third kappa shape index (κ3) is 5.24. The lowest BCUT2D eigenvalue weighted by molar-refractivity contribution is -0.113. The molecule has 1 heterocycles. The number of hydrogen-bond donors (Lipinski definition) is 2. The number of rotatable bonds is 8. The summed E-state index contributed by atoms with van der Waals surface area (Å²) in [6.45, 7) is 6.50. The Bertz CT molecular complexity index is 939. The molecular formula is C20H22N4O2S2. The molecule has 0 saturated heterocycles. The summed E-state index contributed by atoms with van der Waals surface area (Å²) in [5.74, 6) is 0.981. The first-order valence-electron chi connectivity index (χ1n) is 8.88. The van der Waals surface area contributed by atoms with Crippen molar-refractivity contribution in [2.45, 2.75) is 25.1 Å². The van der Waals surface area contributed by atoms with Crippen molar-refractivity contribution in [2.24, 2.45) is 0 Å². The van der Waals surface area contributed by atoms with Crippen LogP contribution in [0.15, 0.2) is 46.8 Å². The van der Waals surface area contributed by atoms with Crippen molar-refractivity contribution < 1.29 is 9.53 Å². The third-order valence-electron chi connectivity index (χ3n) is 3.91. The number of aryl methyl sites for hydroxylation is 2. The Hall–Kier alpha value is -2.58. The molecule has 3 aromatic rings. The van der Waals surface area contributed by atoms with Crippen LogP contribution >= 0.6 is 23.1 Å². The minimum atomic E-state index is -0.0613. The van der Waals surface area contributed by atoms with Crippen molar-refractivity contribution in [1.29, 1.82) is 0 Å². The predicted octanol–water partition coefficient (Wildman–Crippen LogP) is 5.03. The third-order valence-corrected chi connectivity index (χ3v) is 5.88. The van der Waals surface area contributed by atoms with Crippen molar-refractivity contribution in [1.82, 2.24) is 10.2 Å². The van der Waals surface area contributed by atoms with E-state index in [2.05, 4.69) is 20.8 Å². The van der Waals surface area contributed by atoms with Gasteiger partial charge in [0.25, 0.3) is 0 Å². The van der Waals surface area contributed by atoms with E-state index < -0.39 is 0 Å². The molecule has 0 aliphatic heterocycles. The average molecular weight is 415 g/mol. The van der Waals surface area contributed by atoms with E-state index in [1.54, 1.807) is 0 Å². The molecule has 0 bridgehead atoms. The fourth-order valence-electron chi connectivity index (χ4n) is 2.60. The Morgan fingerprint density at radius 3 is 2.61 bits per heavy atom.